The van der Waals surface area contributed by atoms with Crippen LogP contribution in [0.5, 0.6) is 0 Å². The zero-order valence-corrected chi connectivity index (χ0v) is 11.3. The molecule has 2 aromatic rings. The molecule has 18 heavy (non-hydrogen) atoms. The fourth-order valence-electron chi connectivity index (χ4n) is 1.43. The fraction of sp³-hybridized carbons (Fsp3) is 0.154. The van der Waals surface area contributed by atoms with Gasteiger partial charge in [0.2, 0.25) is 0 Å². The Bertz CT molecular complexity index is 557. The minimum absolute atomic E-state index is 0.126. The summed E-state index contributed by atoms with van der Waals surface area (Å²) in [7, 11) is 0. The summed E-state index contributed by atoms with van der Waals surface area (Å²) in [6, 6.07) is 7.48. The van der Waals surface area contributed by atoms with Crippen LogP contribution in [0.1, 0.15) is 6.92 Å². The molecule has 0 saturated heterocycles. The maximum atomic E-state index is 11.0. The largest absolute Gasteiger partial charge is 0.299 e. The second kappa shape index (κ2) is 5.98. The molecular weight excluding hydrogens is 268 g/mol. The number of hydrogen-bond acceptors (Lipinski definition) is 4. The third-order valence-corrected chi connectivity index (χ3v) is 3.64. The minimum Gasteiger partial charge on any atom is -0.299 e. The molecule has 1 aromatic carbocycles. The predicted molar refractivity (Wildman–Crippen MR) is 73.9 cm³/mol. The van der Waals surface area contributed by atoms with Gasteiger partial charge in [-0.25, -0.2) is 9.97 Å². The van der Waals surface area contributed by atoms with Crippen LogP contribution in [-0.2, 0) is 4.79 Å². The molecule has 2 rings (SSSR count). The normalized spacial score (nSPS) is 10.3. The smallest absolute Gasteiger partial charge is 0.140 e. The second-order valence-corrected chi connectivity index (χ2v) is 5.14. The Morgan fingerprint density at radius 1 is 1.33 bits per heavy atom. The zero-order chi connectivity index (χ0) is 13.0. The van der Waals surface area contributed by atoms with Crippen molar-refractivity contribution in [1.29, 1.82) is 0 Å². The van der Waals surface area contributed by atoms with E-state index in [1.807, 2.05) is 24.3 Å². The van der Waals surface area contributed by atoms with Gasteiger partial charge in [-0.2, -0.15) is 0 Å². The van der Waals surface area contributed by atoms with Crippen LogP contribution in [0.3, 0.4) is 0 Å². The third-order valence-electron chi connectivity index (χ3n) is 2.24. The number of carbonyl (C=O) groups excluding carboxylic acids is 1. The SMILES string of the molecule is CC(=O)CSc1ncncc1-c1ccc(Cl)cc1. The van der Waals surface area contributed by atoms with Gasteiger partial charge in [0.1, 0.15) is 17.1 Å². The van der Waals surface area contributed by atoms with E-state index < -0.39 is 0 Å². The molecule has 0 saturated carbocycles. The number of aromatic nitrogens is 2. The van der Waals surface area contributed by atoms with Crippen molar-refractivity contribution in [3.8, 4) is 11.1 Å². The van der Waals surface area contributed by atoms with Crippen molar-refractivity contribution in [1.82, 2.24) is 9.97 Å². The summed E-state index contributed by atoms with van der Waals surface area (Å²) in [6.07, 6.45) is 3.24. The molecule has 0 amide bonds. The maximum absolute atomic E-state index is 11.0. The van der Waals surface area contributed by atoms with Gasteiger partial charge in [0, 0.05) is 16.8 Å². The van der Waals surface area contributed by atoms with Crippen LogP contribution < -0.4 is 0 Å². The van der Waals surface area contributed by atoms with E-state index in [-0.39, 0.29) is 5.78 Å². The average molecular weight is 279 g/mol. The standard InChI is InChI=1S/C13H11ClN2OS/c1-9(17)7-18-13-12(6-15-8-16-13)10-2-4-11(14)5-3-10/h2-6,8H,7H2,1H3. The molecule has 1 aromatic heterocycles. The molecule has 0 bridgehead atoms. The lowest BCUT2D eigenvalue weighted by atomic mass is 10.1. The van der Waals surface area contributed by atoms with Gasteiger partial charge in [0.05, 0.1) is 5.75 Å². The van der Waals surface area contributed by atoms with E-state index in [2.05, 4.69) is 9.97 Å². The Hall–Kier alpha value is -1.39. The van der Waals surface area contributed by atoms with Crippen molar-refractivity contribution in [3.05, 3.63) is 41.8 Å². The summed E-state index contributed by atoms with van der Waals surface area (Å²) in [4.78, 5) is 19.3. The van der Waals surface area contributed by atoms with Crippen LogP contribution in [0.4, 0.5) is 0 Å². The summed E-state index contributed by atoms with van der Waals surface area (Å²) in [6.45, 7) is 1.57. The Morgan fingerprint density at radius 2 is 2.06 bits per heavy atom. The van der Waals surface area contributed by atoms with Crippen molar-refractivity contribution >= 4 is 29.1 Å². The predicted octanol–water partition coefficient (Wildman–Crippen LogP) is 3.48. The first-order valence-electron chi connectivity index (χ1n) is 5.35. The van der Waals surface area contributed by atoms with Crippen LogP contribution >= 0.6 is 23.4 Å². The highest BCUT2D eigenvalue weighted by molar-refractivity contribution is 8.00. The van der Waals surface area contributed by atoms with Gasteiger partial charge < -0.3 is 0 Å². The summed E-state index contributed by atoms with van der Waals surface area (Å²) in [5.41, 5.74) is 1.91. The van der Waals surface area contributed by atoms with E-state index in [4.69, 9.17) is 11.6 Å². The number of nitrogens with zero attached hydrogens (tertiary/aromatic N) is 2. The van der Waals surface area contributed by atoms with Gasteiger partial charge in [-0.05, 0) is 24.6 Å². The number of rotatable bonds is 4. The number of Topliss-reactive ketones (excluding diaryl/α,β-unsaturated/α-hetero) is 1. The Morgan fingerprint density at radius 3 is 2.72 bits per heavy atom. The highest BCUT2D eigenvalue weighted by Crippen LogP contribution is 2.29. The number of benzene rings is 1. The molecule has 0 unspecified atom stereocenters. The molecule has 0 atom stereocenters. The van der Waals surface area contributed by atoms with Gasteiger partial charge >= 0.3 is 0 Å². The molecule has 0 radical (unpaired) electrons. The molecule has 0 fully saturated rings. The van der Waals surface area contributed by atoms with Crippen LogP contribution in [0.15, 0.2) is 41.8 Å². The molecule has 0 N–H and O–H groups in total. The highest BCUT2D eigenvalue weighted by Gasteiger charge is 2.08. The van der Waals surface area contributed by atoms with Gasteiger partial charge in [0.25, 0.3) is 0 Å². The highest BCUT2D eigenvalue weighted by atomic mass is 35.5. The van der Waals surface area contributed by atoms with Gasteiger partial charge in [-0.3, -0.25) is 4.79 Å². The molecule has 1 heterocycles. The van der Waals surface area contributed by atoms with Crippen LogP contribution in [0, 0.1) is 0 Å². The zero-order valence-electron chi connectivity index (χ0n) is 9.76. The van der Waals surface area contributed by atoms with Gasteiger partial charge in [-0.15, -0.1) is 0 Å². The molecule has 92 valence electrons. The molecule has 0 spiro atoms. The van der Waals surface area contributed by atoms with E-state index in [1.165, 1.54) is 18.1 Å². The molecule has 0 aliphatic carbocycles. The maximum Gasteiger partial charge on any atom is 0.140 e. The average Bonchev–Trinajstić information content (AvgIpc) is 2.38. The molecule has 0 aliphatic rings. The lowest BCUT2D eigenvalue weighted by Crippen LogP contribution is -1.96. The fourth-order valence-corrected chi connectivity index (χ4v) is 2.34. The minimum atomic E-state index is 0.126. The quantitative estimate of drug-likeness (QED) is 0.634. The summed E-state index contributed by atoms with van der Waals surface area (Å²) in [5, 5.41) is 1.50. The van der Waals surface area contributed by atoms with E-state index in [0.29, 0.717) is 10.8 Å². The molecule has 5 heteroatoms. The van der Waals surface area contributed by atoms with Crippen molar-refractivity contribution in [3.63, 3.8) is 0 Å². The number of thioether (sulfide) groups is 1. The lowest BCUT2D eigenvalue weighted by molar-refractivity contribution is -0.114. The van der Waals surface area contributed by atoms with E-state index in [1.54, 1.807) is 13.1 Å². The number of carbonyl (C=O) groups is 1. The van der Waals surface area contributed by atoms with Crippen molar-refractivity contribution < 1.29 is 4.79 Å². The van der Waals surface area contributed by atoms with Gasteiger partial charge in [-0.1, -0.05) is 35.5 Å². The number of halogens is 1. The Labute approximate surface area is 115 Å². The van der Waals surface area contributed by atoms with Crippen molar-refractivity contribution in [2.24, 2.45) is 0 Å². The summed E-state index contributed by atoms with van der Waals surface area (Å²) >= 11 is 7.28. The second-order valence-electron chi connectivity index (χ2n) is 3.74. The summed E-state index contributed by atoms with van der Waals surface area (Å²) in [5.74, 6) is 0.540. The summed E-state index contributed by atoms with van der Waals surface area (Å²) < 4.78 is 0. The Balaban J connectivity index is 2.32. The van der Waals surface area contributed by atoms with E-state index in [9.17, 15) is 4.79 Å². The molecule has 0 aliphatic heterocycles. The molecular formula is C13H11ClN2OS. The van der Waals surface area contributed by atoms with Crippen LogP contribution in [0.25, 0.3) is 11.1 Å². The van der Waals surface area contributed by atoms with Crippen LogP contribution in [0.2, 0.25) is 5.02 Å². The number of hydrogen-bond donors (Lipinski definition) is 0. The molecule has 3 nitrogen and oxygen atoms in total. The van der Waals surface area contributed by atoms with Crippen molar-refractivity contribution in [2.75, 3.05) is 5.75 Å². The monoisotopic (exact) mass is 278 g/mol. The van der Waals surface area contributed by atoms with Crippen LogP contribution in [-0.4, -0.2) is 21.5 Å². The van der Waals surface area contributed by atoms with Crippen molar-refractivity contribution in [2.45, 2.75) is 11.9 Å². The first-order valence-corrected chi connectivity index (χ1v) is 6.71. The van der Waals surface area contributed by atoms with E-state index in [0.717, 1.165) is 16.2 Å². The number of ketones is 1. The Kier molecular flexibility index (Phi) is 4.33. The van der Waals surface area contributed by atoms with E-state index >= 15 is 0 Å². The third kappa shape index (κ3) is 3.31. The lowest BCUT2D eigenvalue weighted by Gasteiger charge is -2.06. The first-order chi connectivity index (χ1) is 8.66. The van der Waals surface area contributed by atoms with Gasteiger partial charge in [0.15, 0.2) is 0 Å². The topological polar surface area (TPSA) is 42.9 Å². The first kappa shape index (κ1) is 13.1.